The number of nitrogen functional groups attached to an aromatic ring is 1. The van der Waals surface area contributed by atoms with Crippen molar-refractivity contribution in [2.75, 3.05) is 12.8 Å². The Morgan fingerprint density at radius 2 is 1.96 bits per heavy atom. The van der Waals surface area contributed by atoms with Gasteiger partial charge in [0, 0.05) is 5.56 Å². The SMILES string of the molecule is COc1ccc(/C(Cn2c(-c3nonc3N)nc3ccccc32)=N\O)cc1. The number of nitrogens with zero attached hydrogens (tertiary/aromatic N) is 5. The van der Waals surface area contributed by atoms with E-state index in [0.29, 0.717) is 23.0 Å². The molecule has 2 aromatic heterocycles. The van der Waals surface area contributed by atoms with Crippen LogP contribution in [0, 0.1) is 0 Å². The van der Waals surface area contributed by atoms with Crippen LogP contribution in [-0.2, 0) is 6.54 Å². The highest BCUT2D eigenvalue weighted by atomic mass is 16.6. The molecule has 3 N–H and O–H groups in total. The lowest BCUT2D eigenvalue weighted by Crippen LogP contribution is -2.13. The highest BCUT2D eigenvalue weighted by Gasteiger charge is 2.20. The van der Waals surface area contributed by atoms with Crippen molar-refractivity contribution in [2.45, 2.75) is 6.54 Å². The van der Waals surface area contributed by atoms with Gasteiger partial charge in [-0.05, 0) is 46.7 Å². The van der Waals surface area contributed by atoms with Crippen LogP contribution in [0.1, 0.15) is 5.56 Å². The van der Waals surface area contributed by atoms with Gasteiger partial charge in [0.2, 0.25) is 0 Å². The van der Waals surface area contributed by atoms with E-state index in [1.54, 1.807) is 19.2 Å². The summed E-state index contributed by atoms with van der Waals surface area (Å²) in [6.45, 7) is 0.241. The molecule has 0 amide bonds. The first-order chi connectivity index (χ1) is 13.2. The Morgan fingerprint density at radius 3 is 2.63 bits per heavy atom. The molecule has 0 radical (unpaired) electrons. The van der Waals surface area contributed by atoms with Crippen LogP contribution in [0.3, 0.4) is 0 Å². The molecule has 0 aliphatic carbocycles. The monoisotopic (exact) mass is 364 g/mol. The third-order valence-corrected chi connectivity index (χ3v) is 4.23. The van der Waals surface area contributed by atoms with Gasteiger partial charge in [-0.1, -0.05) is 17.3 Å². The lowest BCUT2D eigenvalue weighted by atomic mass is 10.1. The second kappa shape index (κ2) is 6.79. The molecule has 0 atom stereocenters. The maximum Gasteiger partial charge on any atom is 0.199 e. The third-order valence-electron chi connectivity index (χ3n) is 4.23. The van der Waals surface area contributed by atoms with E-state index in [0.717, 1.165) is 16.6 Å². The topological polar surface area (TPSA) is 125 Å². The Kier molecular flexibility index (Phi) is 4.17. The molecule has 0 saturated heterocycles. The molecule has 0 aliphatic rings. The van der Waals surface area contributed by atoms with Gasteiger partial charge in [0.05, 0.1) is 24.7 Å². The number of oxime groups is 1. The second-order valence-corrected chi connectivity index (χ2v) is 5.78. The summed E-state index contributed by atoms with van der Waals surface area (Å²) in [5.41, 5.74) is 8.96. The van der Waals surface area contributed by atoms with Gasteiger partial charge in [-0.3, -0.25) is 0 Å². The summed E-state index contributed by atoms with van der Waals surface area (Å²) in [6.07, 6.45) is 0. The van der Waals surface area contributed by atoms with Gasteiger partial charge in [-0.2, -0.15) is 0 Å². The average molecular weight is 364 g/mol. The summed E-state index contributed by atoms with van der Waals surface area (Å²) in [5, 5.41) is 20.6. The number of nitrogens with two attached hydrogens (primary N) is 1. The largest absolute Gasteiger partial charge is 0.497 e. The number of hydrogen-bond donors (Lipinski definition) is 2. The Balaban J connectivity index is 1.81. The predicted octanol–water partition coefficient (Wildman–Crippen LogP) is 2.56. The van der Waals surface area contributed by atoms with Crippen molar-refractivity contribution in [2.24, 2.45) is 5.16 Å². The standard InChI is InChI=1S/C18H16N6O3/c1-26-12-8-6-11(7-9-12)14(21-25)10-24-15-5-3-2-4-13(15)20-18(24)16-17(19)23-27-22-16/h2-9,25H,10H2,1H3,(H2,19,23)/b21-14-. The number of imidazole rings is 1. The molecule has 0 unspecified atom stereocenters. The molecule has 4 aromatic rings. The van der Waals surface area contributed by atoms with Crippen LogP contribution >= 0.6 is 0 Å². The maximum atomic E-state index is 9.60. The lowest BCUT2D eigenvalue weighted by molar-refractivity contribution is 0.310. The van der Waals surface area contributed by atoms with Crippen LogP contribution in [0.5, 0.6) is 5.75 Å². The van der Waals surface area contributed by atoms with Crippen molar-refractivity contribution in [3.63, 3.8) is 0 Å². The average Bonchev–Trinajstić information content (AvgIpc) is 3.29. The molecule has 9 heteroatoms. The number of hydrogen-bond acceptors (Lipinski definition) is 8. The fourth-order valence-corrected chi connectivity index (χ4v) is 2.88. The molecule has 4 rings (SSSR count). The van der Waals surface area contributed by atoms with E-state index in [1.165, 1.54) is 0 Å². The summed E-state index contributed by atoms with van der Waals surface area (Å²) in [6, 6.07) is 14.8. The Labute approximate surface area is 153 Å². The van der Waals surface area contributed by atoms with Crippen LogP contribution in [0.15, 0.2) is 58.3 Å². The van der Waals surface area contributed by atoms with Gasteiger partial charge in [0.1, 0.15) is 11.5 Å². The summed E-state index contributed by atoms with van der Waals surface area (Å²) in [4.78, 5) is 4.59. The smallest absolute Gasteiger partial charge is 0.199 e. The van der Waals surface area contributed by atoms with E-state index < -0.39 is 0 Å². The molecule has 0 saturated carbocycles. The molecule has 0 spiro atoms. The minimum Gasteiger partial charge on any atom is -0.497 e. The minimum atomic E-state index is 0.137. The number of fused-ring (bicyclic) bond motifs is 1. The molecule has 0 aliphatic heterocycles. The number of aromatic nitrogens is 4. The number of methoxy groups -OCH3 is 1. The van der Waals surface area contributed by atoms with Crippen LogP contribution in [0.2, 0.25) is 0 Å². The predicted molar refractivity (Wildman–Crippen MR) is 98.8 cm³/mol. The molecular formula is C18H16N6O3. The second-order valence-electron chi connectivity index (χ2n) is 5.78. The zero-order valence-corrected chi connectivity index (χ0v) is 14.4. The number of ether oxygens (including phenoxy) is 1. The van der Waals surface area contributed by atoms with Crippen molar-refractivity contribution >= 4 is 22.6 Å². The number of rotatable bonds is 5. The Morgan fingerprint density at radius 1 is 1.19 bits per heavy atom. The van der Waals surface area contributed by atoms with Gasteiger partial charge in [-0.15, -0.1) is 0 Å². The number of benzene rings is 2. The van der Waals surface area contributed by atoms with Crippen LogP contribution in [0.4, 0.5) is 5.82 Å². The number of para-hydroxylation sites is 2. The van der Waals surface area contributed by atoms with Crippen molar-refractivity contribution in [3.05, 3.63) is 54.1 Å². The first kappa shape index (κ1) is 16.6. The summed E-state index contributed by atoms with van der Waals surface area (Å²) in [7, 11) is 1.59. The van der Waals surface area contributed by atoms with E-state index in [-0.39, 0.29) is 12.4 Å². The van der Waals surface area contributed by atoms with Crippen LogP contribution < -0.4 is 10.5 Å². The molecule has 136 valence electrons. The summed E-state index contributed by atoms with van der Waals surface area (Å²) in [5.74, 6) is 1.33. The highest BCUT2D eigenvalue weighted by molar-refractivity contribution is 6.01. The highest BCUT2D eigenvalue weighted by Crippen LogP contribution is 2.27. The molecule has 27 heavy (non-hydrogen) atoms. The van der Waals surface area contributed by atoms with Crippen molar-refractivity contribution in [1.82, 2.24) is 19.9 Å². The van der Waals surface area contributed by atoms with Gasteiger partial charge < -0.3 is 20.2 Å². The quantitative estimate of drug-likeness (QED) is 0.317. The van der Waals surface area contributed by atoms with E-state index in [1.807, 2.05) is 41.0 Å². The van der Waals surface area contributed by atoms with Crippen molar-refractivity contribution < 1.29 is 14.6 Å². The molecule has 0 fully saturated rings. The van der Waals surface area contributed by atoms with Crippen LogP contribution in [-0.4, -0.2) is 37.9 Å². The van der Waals surface area contributed by atoms with Crippen molar-refractivity contribution in [3.8, 4) is 17.3 Å². The molecule has 2 aromatic carbocycles. The number of anilines is 1. The van der Waals surface area contributed by atoms with Crippen LogP contribution in [0.25, 0.3) is 22.6 Å². The first-order valence-electron chi connectivity index (χ1n) is 8.10. The van der Waals surface area contributed by atoms with E-state index in [2.05, 4.69) is 20.5 Å². The van der Waals surface area contributed by atoms with E-state index in [4.69, 9.17) is 15.1 Å². The third kappa shape index (κ3) is 2.95. The lowest BCUT2D eigenvalue weighted by Gasteiger charge is -2.10. The zero-order chi connectivity index (χ0) is 18.8. The van der Waals surface area contributed by atoms with E-state index in [9.17, 15) is 5.21 Å². The molecule has 0 bridgehead atoms. The molecule has 9 nitrogen and oxygen atoms in total. The van der Waals surface area contributed by atoms with E-state index >= 15 is 0 Å². The van der Waals surface area contributed by atoms with Gasteiger partial charge in [-0.25, -0.2) is 9.61 Å². The van der Waals surface area contributed by atoms with Gasteiger partial charge in [0.15, 0.2) is 17.3 Å². The van der Waals surface area contributed by atoms with Gasteiger partial charge >= 0.3 is 0 Å². The van der Waals surface area contributed by atoms with Gasteiger partial charge in [0.25, 0.3) is 0 Å². The molecular weight excluding hydrogens is 348 g/mol. The Hall–Kier alpha value is -3.88. The first-order valence-corrected chi connectivity index (χ1v) is 8.10. The van der Waals surface area contributed by atoms with Crippen molar-refractivity contribution in [1.29, 1.82) is 0 Å². The zero-order valence-electron chi connectivity index (χ0n) is 14.4. The normalized spacial score (nSPS) is 11.8. The Bertz CT molecular complexity index is 1110. The fourth-order valence-electron chi connectivity index (χ4n) is 2.88. The molecule has 2 heterocycles. The minimum absolute atomic E-state index is 0.137. The summed E-state index contributed by atoms with van der Waals surface area (Å²) < 4.78 is 11.7. The summed E-state index contributed by atoms with van der Waals surface area (Å²) >= 11 is 0. The maximum absolute atomic E-state index is 9.60. The fraction of sp³-hybridized carbons (Fsp3) is 0.111.